The predicted molar refractivity (Wildman–Crippen MR) is 97.4 cm³/mol. The third-order valence-electron chi connectivity index (χ3n) is 3.38. The van der Waals surface area contributed by atoms with E-state index in [1.807, 2.05) is 0 Å². The molecule has 0 unspecified atom stereocenters. The van der Waals surface area contributed by atoms with Crippen LogP contribution in [0.4, 0.5) is 11.4 Å². The number of rotatable bonds is 7. The Morgan fingerprint density at radius 3 is 2.54 bits per heavy atom. The molecule has 0 heterocycles. The Morgan fingerprint density at radius 2 is 1.92 bits per heavy atom. The second-order valence-corrected chi connectivity index (χ2v) is 5.56. The van der Waals surface area contributed by atoms with Gasteiger partial charge in [-0.15, -0.1) is 6.58 Å². The molecule has 26 heavy (non-hydrogen) atoms. The lowest BCUT2D eigenvalue weighted by Gasteiger charge is -2.21. The number of carbonyl (C=O) groups excluding carboxylic acids is 2. The van der Waals surface area contributed by atoms with Crippen molar-refractivity contribution in [2.45, 2.75) is 0 Å². The third-order valence-corrected chi connectivity index (χ3v) is 3.62. The SMILES string of the molecule is C=CCN(C(=O)COC(=O)c1cc(Cl)ccc1[N+](=O)[O-])c1ccccc1. The Kier molecular flexibility index (Phi) is 6.46. The highest BCUT2D eigenvalue weighted by Crippen LogP contribution is 2.23. The van der Waals surface area contributed by atoms with Crippen molar-refractivity contribution in [3.05, 3.63) is 81.9 Å². The molecule has 7 nitrogen and oxygen atoms in total. The zero-order valence-corrected chi connectivity index (χ0v) is 14.4. The quantitative estimate of drug-likeness (QED) is 0.319. The fourth-order valence-electron chi connectivity index (χ4n) is 2.20. The van der Waals surface area contributed by atoms with E-state index >= 15 is 0 Å². The highest BCUT2D eigenvalue weighted by Gasteiger charge is 2.23. The predicted octanol–water partition coefficient (Wildman–Crippen LogP) is 3.62. The van der Waals surface area contributed by atoms with Gasteiger partial charge in [-0.2, -0.15) is 0 Å². The number of nitro groups is 1. The van der Waals surface area contributed by atoms with Gasteiger partial charge in [-0.1, -0.05) is 35.9 Å². The lowest BCUT2D eigenvalue weighted by molar-refractivity contribution is -0.385. The first-order valence-electron chi connectivity index (χ1n) is 7.51. The third kappa shape index (κ3) is 4.67. The van der Waals surface area contributed by atoms with Crippen molar-refractivity contribution in [3.8, 4) is 0 Å². The lowest BCUT2D eigenvalue weighted by Crippen LogP contribution is -2.34. The number of nitrogens with zero attached hydrogens (tertiary/aromatic N) is 2. The highest BCUT2D eigenvalue weighted by molar-refractivity contribution is 6.31. The molecule has 0 N–H and O–H groups in total. The summed E-state index contributed by atoms with van der Waals surface area (Å²) in [6.45, 7) is 3.24. The zero-order valence-electron chi connectivity index (χ0n) is 13.6. The number of esters is 1. The maximum Gasteiger partial charge on any atom is 0.345 e. The Morgan fingerprint density at radius 1 is 1.23 bits per heavy atom. The van der Waals surface area contributed by atoms with Gasteiger partial charge in [0.05, 0.1) is 4.92 Å². The molecule has 134 valence electrons. The van der Waals surface area contributed by atoms with Crippen LogP contribution in [0.15, 0.2) is 61.2 Å². The summed E-state index contributed by atoms with van der Waals surface area (Å²) in [5.41, 5.74) is -0.148. The topological polar surface area (TPSA) is 89.8 Å². The number of carbonyl (C=O) groups is 2. The standard InChI is InChI=1S/C18H15ClN2O5/c1-2-10-20(14-6-4-3-5-7-14)17(22)12-26-18(23)15-11-13(19)8-9-16(15)21(24)25/h2-9,11H,1,10,12H2. The van der Waals surface area contributed by atoms with Gasteiger partial charge in [0.2, 0.25) is 0 Å². The smallest absolute Gasteiger partial charge is 0.345 e. The lowest BCUT2D eigenvalue weighted by atomic mass is 10.2. The minimum absolute atomic E-state index is 0.145. The first-order valence-corrected chi connectivity index (χ1v) is 7.89. The average Bonchev–Trinajstić information content (AvgIpc) is 2.64. The van der Waals surface area contributed by atoms with E-state index in [0.29, 0.717) is 5.69 Å². The number of ether oxygens (including phenoxy) is 1. The van der Waals surface area contributed by atoms with Crippen LogP contribution in [0.5, 0.6) is 0 Å². The fourth-order valence-corrected chi connectivity index (χ4v) is 2.37. The van der Waals surface area contributed by atoms with Crippen LogP contribution in [-0.4, -0.2) is 30.0 Å². The minimum atomic E-state index is -1.00. The normalized spacial score (nSPS) is 10.0. The zero-order chi connectivity index (χ0) is 19.1. The number of hydrogen-bond donors (Lipinski definition) is 0. The van der Waals surface area contributed by atoms with Crippen LogP contribution >= 0.6 is 11.6 Å². The Hall–Kier alpha value is -3.19. The molecule has 2 aromatic carbocycles. The molecular weight excluding hydrogens is 360 g/mol. The van der Waals surface area contributed by atoms with Gasteiger partial charge >= 0.3 is 5.97 Å². The molecule has 0 atom stereocenters. The molecule has 1 amide bonds. The van der Waals surface area contributed by atoms with Gasteiger partial charge < -0.3 is 9.64 Å². The van der Waals surface area contributed by atoms with Crippen LogP contribution < -0.4 is 4.90 Å². The van der Waals surface area contributed by atoms with Gasteiger partial charge in [-0.25, -0.2) is 4.79 Å². The number of para-hydroxylation sites is 1. The van der Waals surface area contributed by atoms with Gasteiger partial charge in [0.25, 0.3) is 11.6 Å². The fraction of sp³-hybridized carbons (Fsp3) is 0.111. The molecule has 0 saturated carbocycles. The first kappa shape index (κ1) is 19.1. The van der Waals surface area contributed by atoms with E-state index in [0.717, 1.165) is 12.1 Å². The molecule has 0 bridgehead atoms. The molecule has 8 heteroatoms. The van der Waals surface area contributed by atoms with Crippen molar-refractivity contribution >= 4 is 34.9 Å². The summed E-state index contributed by atoms with van der Waals surface area (Å²) < 4.78 is 4.96. The monoisotopic (exact) mass is 374 g/mol. The van der Waals surface area contributed by atoms with Gasteiger partial charge in [-0.05, 0) is 24.3 Å². The summed E-state index contributed by atoms with van der Waals surface area (Å²) >= 11 is 5.78. The summed E-state index contributed by atoms with van der Waals surface area (Å²) in [7, 11) is 0. The van der Waals surface area contributed by atoms with Crippen molar-refractivity contribution in [3.63, 3.8) is 0 Å². The summed E-state index contributed by atoms with van der Waals surface area (Å²) in [5.74, 6) is -1.49. The second kappa shape index (κ2) is 8.77. The van der Waals surface area contributed by atoms with Gasteiger partial charge in [0.1, 0.15) is 5.56 Å². The van der Waals surface area contributed by atoms with E-state index in [2.05, 4.69) is 6.58 Å². The molecule has 0 saturated heterocycles. The second-order valence-electron chi connectivity index (χ2n) is 5.12. The van der Waals surface area contributed by atoms with Crippen LogP contribution in [-0.2, 0) is 9.53 Å². The molecule has 0 radical (unpaired) electrons. The summed E-state index contributed by atoms with van der Waals surface area (Å²) in [5, 5.41) is 11.2. The van der Waals surface area contributed by atoms with Crippen LogP contribution in [0, 0.1) is 10.1 Å². The average molecular weight is 375 g/mol. The number of benzene rings is 2. The number of anilines is 1. The molecule has 0 aliphatic carbocycles. The van der Waals surface area contributed by atoms with Crippen LogP contribution in [0.1, 0.15) is 10.4 Å². The molecule has 2 rings (SSSR count). The Balaban J connectivity index is 2.13. The summed E-state index contributed by atoms with van der Waals surface area (Å²) in [6.07, 6.45) is 1.54. The molecule has 0 aliphatic rings. The van der Waals surface area contributed by atoms with Gasteiger partial charge in [-0.3, -0.25) is 14.9 Å². The van der Waals surface area contributed by atoms with Crippen molar-refractivity contribution in [2.75, 3.05) is 18.1 Å². The van der Waals surface area contributed by atoms with E-state index in [9.17, 15) is 19.7 Å². The first-order chi connectivity index (χ1) is 12.4. The van der Waals surface area contributed by atoms with Crippen molar-refractivity contribution in [1.82, 2.24) is 0 Å². The van der Waals surface area contributed by atoms with Crippen molar-refractivity contribution in [2.24, 2.45) is 0 Å². The van der Waals surface area contributed by atoms with Crippen molar-refractivity contribution in [1.29, 1.82) is 0 Å². The molecule has 0 fully saturated rings. The summed E-state index contributed by atoms with van der Waals surface area (Å²) in [4.78, 5) is 36.2. The Bertz CT molecular complexity index is 839. The van der Waals surface area contributed by atoms with Crippen LogP contribution in [0.3, 0.4) is 0 Å². The van der Waals surface area contributed by atoms with Crippen LogP contribution in [0.2, 0.25) is 5.02 Å². The molecule has 2 aromatic rings. The molecule has 0 aliphatic heterocycles. The number of halogens is 1. The van der Waals surface area contributed by atoms with E-state index in [4.69, 9.17) is 16.3 Å². The number of nitro benzene ring substituents is 1. The van der Waals surface area contributed by atoms with E-state index in [1.165, 1.54) is 17.0 Å². The van der Waals surface area contributed by atoms with Crippen molar-refractivity contribution < 1.29 is 19.2 Å². The number of amides is 1. The molecule has 0 spiro atoms. The number of hydrogen-bond acceptors (Lipinski definition) is 5. The molecular formula is C18H15ClN2O5. The van der Waals surface area contributed by atoms with E-state index < -0.39 is 29.1 Å². The molecule has 0 aromatic heterocycles. The Labute approximate surface area is 154 Å². The maximum absolute atomic E-state index is 12.4. The van der Waals surface area contributed by atoms with Gasteiger partial charge in [0, 0.05) is 23.3 Å². The minimum Gasteiger partial charge on any atom is -0.452 e. The summed E-state index contributed by atoms with van der Waals surface area (Å²) in [6, 6.07) is 12.3. The largest absolute Gasteiger partial charge is 0.452 e. The maximum atomic E-state index is 12.4. The van der Waals surface area contributed by atoms with E-state index in [-0.39, 0.29) is 17.1 Å². The van der Waals surface area contributed by atoms with E-state index in [1.54, 1.807) is 30.3 Å². The highest BCUT2D eigenvalue weighted by atomic mass is 35.5. The van der Waals surface area contributed by atoms with Gasteiger partial charge in [0.15, 0.2) is 6.61 Å². The van der Waals surface area contributed by atoms with Crippen LogP contribution in [0.25, 0.3) is 0 Å².